The first-order valence-electron chi connectivity index (χ1n) is 7.48. The van der Waals surface area contributed by atoms with Gasteiger partial charge in [0.05, 0.1) is 0 Å². The smallest absolute Gasteiger partial charge is 0.406 e. The first-order valence-corrected chi connectivity index (χ1v) is 7.48. The summed E-state index contributed by atoms with van der Waals surface area (Å²) in [6.45, 7) is 0.652. The number of likely N-dealkylation sites (N-methyl/N-ethyl adjacent to an activating group) is 1. The Morgan fingerprint density at radius 1 is 1.36 bits per heavy atom. The van der Waals surface area contributed by atoms with Gasteiger partial charge in [0.1, 0.15) is 0 Å². The number of alkyl halides is 3. The summed E-state index contributed by atoms with van der Waals surface area (Å²) in [6, 6.07) is 3.29. The summed E-state index contributed by atoms with van der Waals surface area (Å²) in [6.07, 6.45) is -1.61. The number of oxazole rings is 1. The van der Waals surface area contributed by atoms with E-state index in [1.54, 1.807) is 30.3 Å². The van der Waals surface area contributed by atoms with Crippen LogP contribution in [0.1, 0.15) is 11.3 Å². The maximum absolute atomic E-state index is 13.0. The zero-order valence-electron chi connectivity index (χ0n) is 13.6. The molecule has 0 fully saturated rings. The monoisotopic (exact) mass is 355 g/mol. The SMILES string of the molecule is CN(CCn1c(=O)oc2cccnc21)Cc1cn(C)nc1C(F)(F)F. The van der Waals surface area contributed by atoms with Crippen molar-refractivity contribution in [3.05, 3.63) is 46.3 Å². The maximum Gasteiger partial charge on any atom is 0.435 e. The van der Waals surface area contributed by atoms with E-state index in [1.165, 1.54) is 17.8 Å². The van der Waals surface area contributed by atoms with E-state index in [1.807, 2.05) is 0 Å². The standard InChI is InChI=1S/C15H16F3N5O2/c1-21(8-10-9-22(2)20-12(10)15(16,17)18)6-7-23-13-11(25-14(23)24)4-3-5-19-13/h3-5,9H,6-8H2,1-2H3. The zero-order valence-corrected chi connectivity index (χ0v) is 13.6. The molecule has 0 unspecified atom stereocenters. The number of hydrogen-bond donors (Lipinski definition) is 0. The van der Waals surface area contributed by atoms with Gasteiger partial charge in [-0.05, 0) is 19.2 Å². The number of fused-ring (bicyclic) bond motifs is 1. The average Bonchev–Trinajstić information content (AvgIpc) is 3.04. The third kappa shape index (κ3) is 3.58. The van der Waals surface area contributed by atoms with Crippen LogP contribution >= 0.6 is 0 Å². The van der Waals surface area contributed by atoms with Crippen molar-refractivity contribution in [2.45, 2.75) is 19.3 Å². The molecule has 3 aromatic heterocycles. The van der Waals surface area contributed by atoms with Gasteiger partial charge in [-0.2, -0.15) is 18.3 Å². The second-order valence-electron chi connectivity index (χ2n) is 5.76. The third-order valence-electron chi connectivity index (χ3n) is 3.74. The van der Waals surface area contributed by atoms with Crippen LogP contribution in [0.4, 0.5) is 13.2 Å². The summed E-state index contributed by atoms with van der Waals surface area (Å²) in [7, 11) is 3.12. The molecule has 0 aromatic carbocycles. The molecule has 0 saturated carbocycles. The topological polar surface area (TPSA) is 69.1 Å². The van der Waals surface area contributed by atoms with Crippen LogP contribution < -0.4 is 5.76 Å². The van der Waals surface area contributed by atoms with Crippen molar-refractivity contribution in [1.82, 2.24) is 24.2 Å². The summed E-state index contributed by atoms with van der Waals surface area (Å²) >= 11 is 0. The van der Waals surface area contributed by atoms with Crippen molar-refractivity contribution in [1.29, 1.82) is 0 Å². The number of hydrogen-bond acceptors (Lipinski definition) is 5. The number of pyridine rings is 1. The fourth-order valence-corrected chi connectivity index (χ4v) is 2.63. The van der Waals surface area contributed by atoms with Crippen LogP contribution in [-0.4, -0.2) is 37.8 Å². The number of rotatable bonds is 5. The minimum atomic E-state index is -4.50. The van der Waals surface area contributed by atoms with E-state index < -0.39 is 17.6 Å². The van der Waals surface area contributed by atoms with Crippen LogP contribution in [0.15, 0.2) is 33.7 Å². The molecule has 0 aliphatic heterocycles. The highest BCUT2D eigenvalue weighted by Gasteiger charge is 2.37. The van der Waals surface area contributed by atoms with Gasteiger partial charge >= 0.3 is 11.9 Å². The van der Waals surface area contributed by atoms with E-state index in [0.717, 1.165) is 4.68 Å². The molecule has 0 aliphatic rings. The van der Waals surface area contributed by atoms with Crippen molar-refractivity contribution in [3.8, 4) is 0 Å². The third-order valence-corrected chi connectivity index (χ3v) is 3.74. The molecule has 0 amide bonds. The molecule has 0 N–H and O–H groups in total. The highest BCUT2D eigenvalue weighted by molar-refractivity contribution is 5.67. The second kappa shape index (κ2) is 6.36. The Morgan fingerprint density at radius 3 is 2.84 bits per heavy atom. The van der Waals surface area contributed by atoms with Crippen LogP contribution in [0, 0.1) is 0 Å². The molecule has 134 valence electrons. The first kappa shape index (κ1) is 17.2. The fourth-order valence-electron chi connectivity index (χ4n) is 2.63. The Kier molecular flexibility index (Phi) is 4.38. The molecule has 0 saturated heterocycles. The lowest BCUT2D eigenvalue weighted by molar-refractivity contribution is -0.142. The van der Waals surface area contributed by atoms with E-state index >= 15 is 0 Å². The molecule has 25 heavy (non-hydrogen) atoms. The van der Waals surface area contributed by atoms with Gasteiger partial charge in [-0.15, -0.1) is 0 Å². The van der Waals surface area contributed by atoms with E-state index in [0.29, 0.717) is 17.8 Å². The van der Waals surface area contributed by atoms with Gasteiger partial charge in [0.25, 0.3) is 0 Å². The summed E-state index contributed by atoms with van der Waals surface area (Å²) in [5, 5.41) is 3.48. The van der Waals surface area contributed by atoms with Gasteiger partial charge in [0, 0.05) is 44.6 Å². The molecular weight excluding hydrogens is 339 g/mol. The Balaban J connectivity index is 1.72. The van der Waals surface area contributed by atoms with Gasteiger partial charge in [-0.25, -0.2) is 9.78 Å². The predicted octanol–water partition coefficient (Wildman–Crippen LogP) is 1.87. The molecule has 0 spiro atoms. The van der Waals surface area contributed by atoms with Crippen molar-refractivity contribution in [2.75, 3.05) is 13.6 Å². The van der Waals surface area contributed by atoms with Crippen molar-refractivity contribution < 1.29 is 17.6 Å². The van der Waals surface area contributed by atoms with Crippen LogP contribution in [-0.2, 0) is 26.3 Å². The van der Waals surface area contributed by atoms with E-state index in [4.69, 9.17) is 4.42 Å². The van der Waals surface area contributed by atoms with E-state index in [9.17, 15) is 18.0 Å². The molecule has 3 aromatic rings. The summed E-state index contributed by atoms with van der Waals surface area (Å²) < 4.78 is 46.5. The molecule has 3 heterocycles. The lowest BCUT2D eigenvalue weighted by Crippen LogP contribution is -2.27. The average molecular weight is 355 g/mol. The van der Waals surface area contributed by atoms with Crippen molar-refractivity contribution >= 4 is 11.2 Å². The highest BCUT2D eigenvalue weighted by Crippen LogP contribution is 2.30. The molecular formula is C15H16F3N5O2. The Morgan fingerprint density at radius 2 is 2.12 bits per heavy atom. The van der Waals surface area contributed by atoms with Crippen LogP contribution in [0.5, 0.6) is 0 Å². The molecule has 3 rings (SSSR count). The zero-order chi connectivity index (χ0) is 18.2. The lowest BCUT2D eigenvalue weighted by atomic mass is 10.2. The summed E-state index contributed by atoms with van der Waals surface area (Å²) in [5.41, 5.74) is -0.0190. The van der Waals surface area contributed by atoms with Gasteiger partial charge in [0.15, 0.2) is 16.9 Å². The van der Waals surface area contributed by atoms with Gasteiger partial charge < -0.3 is 9.32 Å². The number of nitrogens with zero attached hydrogens (tertiary/aromatic N) is 5. The largest absolute Gasteiger partial charge is 0.435 e. The van der Waals surface area contributed by atoms with Crippen molar-refractivity contribution in [2.24, 2.45) is 7.05 Å². The Bertz CT molecular complexity index is 941. The van der Waals surface area contributed by atoms with E-state index in [2.05, 4.69) is 10.1 Å². The highest BCUT2D eigenvalue weighted by atomic mass is 19.4. The molecule has 10 heteroatoms. The van der Waals surface area contributed by atoms with Gasteiger partial charge in [0.2, 0.25) is 0 Å². The second-order valence-corrected chi connectivity index (χ2v) is 5.76. The lowest BCUT2D eigenvalue weighted by Gasteiger charge is -2.16. The molecule has 0 atom stereocenters. The first-order chi connectivity index (χ1) is 11.8. The number of halogens is 3. The summed E-state index contributed by atoms with van der Waals surface area (Å²) in [4.78, 5) is 17.7. The van der Waals surface area contributed by atoms with Gasteiger partial charge in [-0.3, -0.25) is 9.25 Å². The molecule has 0 radical (unpaired) electrons. The number of aromatic nitrogens is 4. The summed E-state index contributed by atoms with van der Waals surface area (Å²) in [5.74, 6) is -0.542. The Hall–Kier alpha value is -2.62. The van der Waals surface area contributed by atoms with Crippen molar-refractivity contribution in [3.63, 3.8) is 0 Å². The fraction of sp³-hybridized carbons (Fsp3) is 0.400. The minimum absolute atomic E-state index is 0.0562. The maximum atomic E-state index is 13.0. The quantitative estimate of drug-likeness (QED) is 0.699. The van der Waals surface area contributed by atoms with Crippen LogP contribution in [0.25, 0.3) is 11.2 Å². The van der Waals surface area contributed by atoms with Crippen LogP contribution in [0.2, 0.25) is 0 Å². The molecule has 0 bridgehead atoms. The van der Waals surface area contributed by atoms with E-state index in [-0.39, 0.29) is 18.7 Å². The molecule has 0 aliphatic carbocycles. The molecule has 7 nitrogen and oxygen atoms in total. The minimum Gasteiger partial charge on any atom is -0.406 e. The number of aryl methyl sites for hydroxylation is 1. The normalized spacial score (nSPS) is 12.4. The van der Waals surface area contributed by atoms with Gasteiger partial charge in [-0.1, -0.05) is 0 Å². The predicted molar refractivity (Wildman–Crippen MR) is 82.8 cm³/mol. The van der Waals surface area contributed by atoms with Crippen LogP contribution in [0.3, 0.4) is 0 Å². The Labute approximate surface area is 140 Å².